The lowest BCUT2D eigenvalue weighted by molar-refractivity contribution is 0.112. The van der Waals surface area contributed by atoms with E-state index in [9.17, 15) is 4.79 Å². The van der Waals surface area contributed by atoms with Crippen molar-refractivity contribution < 1.29 is 9.53 Å². The van der Waals surface area contributed by atoms with Crippen molar-refractivity contribution >= 4 is 50.3 Å². The van der Waals surface area contributed by atoms with Crippen molar-refractivity contribution in [3.8, 4) is 5.75 Å². The van der Waals surface area contributed by atoms with Gasteiger partial charge in [0.2, 0.25) is 0 Å². The van der Waals surface area contributed by atoms with E-state index in [1.807, 2.05) is 17.5 Å². The summed E-state index contributed by atoms with van der Waals surface area (Å²) in [4.78, 5) is 11.0. The van der Waals surface area contributed by atoms with Gasteiger partial charge >= 0.3 is 0 Å². The number of halogens is 1. The third-order valence-electron chi connectivity index (χ3n) is 2.01. The predicted octanol–water partition coefficient (Wildman–Crippen LogP) is 3.33. The van der Waals surface area contributed by atoms with Crippen LogP contribution in [-0.2, 0) is 0 Å². The van der Waals surface area contributed by atoms with Crippen molar-refractivity contribution in [1.29, 1.82) is 0 Å². The van der Waals surface area contributed by atoms with Gasteiger partial charge in [0.15, 0.2) is 6.29 Å². The molecule has 0 aliphatic rings. The monoisotopic (exact) mass is 318 g/mol. The van der Waals surface area contributed by atoms with Crippen LogP contribution < -0.4 is 4.74 Å². The van der Waals surface area contributed by atoms with Gasteiger partial charge in [0.25, 0.3) is 0 Å². The molecule has 0 spiro atoms. The highest BCUT2D eigenvalue weighted by molar-refractivity contribution is 14.1. The largest absolute Gasteiger partial charge is 0.495 e. The van der Waals surface area contributed by atoms with Gasteiger partial charge in [0.1, 0.15) is 5.75 Å². The van der Waals surface area contributed by atoms with Gasteiger partial charge in [-0.2, -0.15) is 0 Å². The van der Waals surface area contributed by atoms with E-state index in [4.69, 9.17) is 4.74 Å². The molecule has 0 fully saturated rings. The minimum atomic E-state index is 0.657. The number of carbonyl (C=O) groups is 1. The van der Waals surface area contributed by atoms with E-state index < -0.39 is 0 Å². The Morgan fingerprint density at radius 1 is 1.57 bits per heavy atom. The zero-order chi connectivity index (χ0) is 10.1. The third kappa shape index (κ3) is 1.42. The average Bonchev–Trinajstić information content (AvgIpc) is 2.62. The van der Waals surface area contributed by atoms with Crippen LogP contribution in [0.15, 0.2) is 17.5 Å². The van der Waals surface area contributed by atoms with Crippen molar-refractivity contribution in [2.24, 2.45) is 0 Å². The molecule has 2 aromatic rings. The Kier molecular flexibility index (Phi) is 2.73. The summed E-state index contributed by atoms with van der Waals surface area (Å²) in [6, 6.07) is 4.03. The molecule has 0 amide bonds. The molecule has 0 aliphatic heterocycles. The molecule has 1 aromatic carbocycles. The fourth-order valence-electron chi connectivity index (χ4n) is 1.40. The topological polar surface area (TPSA) is 26.3 Å². The number of carbonyl (C=O) groups excluding carboxylic acids is 1. The summed E-state index contributed by atoms with van der Waals surface area (Å²) in [6.45, 7) is 0. The molecule has 0 saturated heterocycles. The molecule has 0 atom stereocenters. The minimum Gasteiger partial charge on any atom is -0.495 e. The van der Waals surface area contributed by atoms with E-state index in [1.54, 1.807) is 18.4 Å². The van der Waals surface area contributed by atoms with E-state index in [0.29, 0.717) is 11.3 Å². The van der Waals surface area contributed by atoms with Crippen LogP contribution >= 0.6 is 33.9 Å². The van der Waals surface area contributed by atoms with Crippen LogP contribution in [0.1, 0.15) is 10.4 Å². The number of thiophene rings is 1. The number of fused-ring (bicyclic) bond motifs is 1. The molecule has 0 radical (unpaired) electrons. The van der Waals surface area contributed by atoms with Crippen molar-refractivity contribution in [2.75, 3.05) is 7.11 Å². The second kappa shape index (κ2) is 3.86. The maximum Gasteiger partial charge on any atom is 0.155 e. The quantitative estimate of drug-likeness (QED) is 0.627. The van der Waals surface area contributed by atoms with Crippen LogP contribution in [0.25, 0.3) is 10.1 Å². The molecule has 14 heavy (non-hydrogen) atoms. The lowest BCUT2D eigenvalue weighted by Crippen LogP contribution is -1.93. The van der Waals surface area contributed by atoms with Crippen molar-refractivity contribution in [1.82, 2.24) is 0 Å². The van der Waals surface area contributed by atoms with Crippen LogP contribution in [0.2, 0.25) is 0 Å². The highest BCUT2D eigenvalue weighted by Crippen LogP contribution is 2.34. The van der Waals surface area contributed by atoms with Crippen LogP contribution in [0.5, 0.6) is 5.75 Å². The molecule has 0 unspecified atom stereocenters. The summed E-state index contributed by atoms with van der Waals surface area (Å²) < 4.78 is 7.18. The zero-order valence-electron chi connectivity index (χ0n) is 7.41. The molecule has 2 nitrogen and oxygen atoms in total. The molecule has 0 bridgehead atoms. The molecule has 2 rings (SSSR count). The summed E-state index contributed by atoms with van der Waals surface area (Å²) in [7, 11) is 1.59. The summed E-state index contributed by atoms with van der Waals surface area (Å²) in [5.74, 6) is 0.676. The molecule has 0 saturated carbocycles. The number of ether oxygens (including phenoxy) is 1. The van der Waals surface area contributed by atoms with E-state index >= 15 is 0 Å². The third-order valence-corrected chi connectivity index (χ3v) is 3.77. The second-order valence-corrected chi connectivity index (χ2v) is 4.84. The lowest BCUT2D eigenvalue weighted by atomic mass is 10.1. The van der Waals surface area contributed by atoms with E-state index in [1.165, 1.54) is 0 Å². The van der Waals surface area contributed by atoms with Crippen LogP contribution in [0.3, 0.4) is 0 Å². The Morgan fingerprint density at radius 2 is 2.36 bits per heavy atom. The normalized spacial score (nSPS) is 10.4. The van der Waals surface area contributed by atoms with Gasteiger partial charge < -0.3 is 4.74 Å². The van der Waals surface area contributed by atoms with Crippen molar-refractivity contribution in [3.63, 3.8) is 0 Å². The Bertz CT molecular complexity index is 490. The SMILES string of the molecule is COc1c(I)cc2ccsc2c1C=O. The fourth-order valence-corrected chi connectivity index (χ4v) is 3.13. The van der Waals surface area contributed by atoms with Crippen molar-refractivity contribution in [3.05, 3.63) is 26.6 Å². The van der Waals surface area contributed by atoms with Gasteiger partial charge in [0, 0.05) is 4.70 Å². The van der Waals surface area contributed by atoms with Crippen LogP contribution in [0.4, 0.5) is 0 Å². The summed E-state index contributed by atoms with van der Waals surface area (Å²) in [6.07, 6.45) is 0.861. The molecule has 1 aromatic heterocycles. The first-order valence-electron chi connectivity index (χ1n) is 3.96. The maximum absolute atomic E-state index is 11.0. The van der Waals surface area contributed by atoms with Gasteiger partial charge in [0.05, 0.1) is 16.2 Å². The maximum atomic E-state index is 11.0. The number of hydrogen-bond acceptors (Lipinski definition) is 3. The smallest absolute Gasteiger partial charge is 0.155 e. The molecule has 4 heteroatoms. The second-order valence-electron chi connectivity index (χ2n) is 2.76. The minimum absolute atomic E-state index is 0.657. The molecule has 0 aliphatic carbocycles. The first-order chi connectivity index (χ1) is 6.77. The summed E-state index contributed by atoms with van der Waals surface area (Å²) in [5.41, 5.74) is 0.657. The van der Waals surface area contributed by atoms with Crippen LogP contribution in [0, 0.1) is 3.57 Å². The Morgan fingerprint density at radius 3 is 3.00 bits per heavy atom. The molecule has 1 heterocycles. The van der Waals surface area contributed by atoms with E-state index in [0.717, 1.165) is 19.9 Å². The van der Waals surface area contributed by atoms with Gasteiger partial charge in [-0.1, -0.05) is 0 Å². The standard InChI is InChI=1S/C10H7IO2S/c1-13-9-7(5-12)10-6(2-3-14-10)4-8(9)11/h2-5H,1H3. The number of rotatable bonds is 2. The Hall–Kier alpha value is -0.620. The highest BCUT2D eigenvalue weighted by atomic mass is 127. The zero-order valence-corrected chi connectivity index (χ0v) is 10.4. The average molecular weight is 318 g/mol. The van der Waals surface area contributed by atoms with Gasteiger partial charge in [-0.15, -0.1) is 11.3 Å². The van der Waals surface area contributed by atoms with Crippen molar-refractivity contribution in [2.45, 2.75) is 0 Å². The molecule has 0 N–H and O–H groups in total. The number of methoxy groups -OCH3 is 1. The number of aldehydes is 1. The highest BCUT2D eigenvalue weighted by Gasteiger charge is 2.12. The van der Waals surface area contributed by atoms with Gasteiger partial charge in [-0.3, -0.25) is 4.79 Å². The predicted molar refractivity (Wildman–Crippen MR) is 66.5 cm³/mol. The number of hydrogen-bond donors (Lipinski definition) is 0. The summed E-state index contributed by atoms with van der Waals surface area (Å²) >= 11 is 3.74. The first-order valence-corrected chi connectivity index (χ1v) is 5.92. The Labute approximate surface area is 99.0 Å². The van der Waals surface area contributed by atoms with Gasteiger partial charge in [-0.25, -0.2) is 0 Å². The molecule has 72 valence electrons. The fraction of sp³-hybridized carbons (Fsp3) is 0.100. The van der Waals surface area contributed by atoms with E-state index in [-0.39, 0.29) is 0 Å². The van der Waals surface area contributed by atoms with Gasteiger partial charge in [-0.05, 0) is 45.5 Å². The number of benzene rings is 1. The van der Waals surface area contributed by atoms with E-state index in [2.05, 4.69) is 22.6 Å². The first kappa shape index (κ1) is 9.92. The van der Waals surface area contributed by atoms with Crippen LogP contribution in [-0.4, -0.2) is 13.4 Å². The molecular formula is C10H7IO2S. The molecular weight excluding hydrogens is 311 g/mol. The lowest BCUT2D eigenvalue weighted by Gasteiger charge is -2.06. The summed E-state index contributed by atoms with van der Waals surface area (Å²) in [5, 5.41) is 3.08. The Balaban J connectivity index is 2.88.